The van der Waals surface area contributed by atoms with Gasteiger partial charge >= 0.3 is 0 Å². The van der Waals surface area contributed by atoms with Gasteiger partial charge in [0.1, 0.15) is 11.3 Å². The molecule has 0 amide bonds. The monoisotopic (exact) mass is 592 g/mol. The third-order valence-electron chi connectivity index (χ3n) is 9.96. The number of rotatable bonds is 9. The van der Waals surface area contributed by atoms with Gasteiger partial charge in [-0.25, -0.2) is 0 Å². The average molecular weight is 593 g/mol. The number of furan rings is 1. The van der Waals surface area contributed by atoms with Crippen LogP contribution in [0.3, 0.4) is 0 Å². The third kappa shape index (κ3) is 6.23. The van der Waals surface area contributed by atoms with Gasteiger partial charge in [-0.15, -0.1) is 0 Å². The maximum Gasteiger partial charge on any atom is 0.134 e. The molecule has 5 rings (SSSR count). The molecule has 1 aliphatic rings. The largest absolute Gasteiger partial charge is 0.460 e. The Bertz CT molecular complexity index is 1620. The van der Waals surface area contributed by atoms with Crippen molar-refractivity contribution in [1.82, 2.24) is 4.90 Å². The minimum atomic E-state index is -0.0456. The first-order valence-corrected chi connectivity index (χ1v) is 17.2. The molecule has 0 aliphatic carbocycles. The molecule has 1 atom stereocenters. The topological polar surface area (TPSA) is 19.6 Å². The second-order valence-corrected chi connectivity index (χ2v) is 14.7. The van der Waals surface area contributed by atoms with Gasteiger partial charge in [-0.3, -0.25) is 0 Å². The van der Waals surface area contributed by atoms with Crippen LogP contribution in [-0.2, 0) is 5.41 Å². The van der Waals surface area contributed by atoms with Crippen molar-refractivity contribution in [3.05, 3.63) is 77.0 Å². The van der Waals surface area contributed by atoms with Crippen LogP contribution in [0.5, 0.6) is 0 Å². The van der Waals surface area contributed by atoms with E-state index in [-0.39, 0.29) is 5.41 Å². The maximum absolute atomic E-state index is 6.77. The van der Waals surface area contributed by atoms with Crippen molar-refractivity contribution in [1.29, 1.82) is 0 Å². The molecule has 1 unspecified atom stereocenters. The number of piperidine rings is 1. The molecule has 1 aromatic heterocycles. The molecule has 3 nitrogen and oxygen atoms in total. The molecule has 0 spiro atoms. The van der Waals surface area contributed by atoms with Crippen molar-refractivity contribution in [2.45, 2.75) is 105 Å². The van der Waals surface area contributed by atoms with E-state index in [0.717, 1.165) is 18.4 Å². The van der Waals surface area contributed by atoms with Crippen molar-refractivity contribution in [3.63, 3.8) is 0 Å². The molecule has 236 valence electrons. The van der Waals surface area contributed by atoms with Crippen molar-refractivity contribution in [2.75, 3.05) is 32.1 Å². The van der Waals surface area contributed by atoms with Gasteiger partial charge in [-0.2, -0.15) is 0 Å². The molecule has 1 aliphatic heterocycles. The second kappa shape index (κ2) is 13.1. The minimum Gasteiger partial charge on any atom is -0.460 e. The van der Waals surface area contributed by atoms with Gasteiger partial charge in [-0.05, 0) is 103 Å². The number of hydrogen-bond donors (Lipinski definition) is 0. The number of likely N-dealkylation sites (tertiary alicyclic amines) is 1. The first-order chi connectivity index (χ1) is 21.0. The number of hydrogen-bond acceptors (Lipinski definition) is 3. The smallest absolute Gasteiger partial charge is 0.134 e. The molecular formula is C41H56N2O. The Morgan fingerprint density at radius 3 is 2.25 bits per heavy atom. The van der Waals surface area contributed by atoms with E-state index in [1.165, 1.54) is 87.8 Å². The molecular weight excluding hydrogens is 536 g/mol. The molecule has 4 aromatic rings. The van der Waals surface area contributed by atoms with Crippen molar-refractivity contribution >= 4 is 38.6 Å². The van der Waals surface area contributed by atoms with Gasteiger partial charge in [0, 0.05) is 47.8 Å². The van der Waals surface area contributed by atoms with E-state index in [9.17, 15) is 0 Å². The van der Waals surface area contributed by atoms with Gasteiger partial charge < -0.3 is 14.2 Å². The summed E-state index contributed by atoms with van der Waals surface area (Å²) in [6.45, 7) is 21.0. The van der Waals surface area contributed by atoms with Gasteiger partial charge in [0.15, 0.2) is 0 Å². The van der Waals surface area contributed by atoms with Crippen LogP contribution < -0.4 is 4.90 Å². The zero-order chi connectivity index (χ0) is 31.8. The molecule has 1 saturated heterocycles. The molecule has 1 fully saturated rings. The van der Waals surface area contributed by atoms with E-state index in [1.54, 1.807) is 0 Å². The van der Waals surface area contributed by atoms with E-state index in [1.807, 2.05) is 0 Å². The van der Waals surface area contributed by atoms with E-state index in [0.29, 0.717) is 17.9 Å². The lowest BCUT2D eigenvalue weighted by molar-refractivity contribution is 0.157. The Morgan fingerprint density at radius 2 is 1.64 bits per heavy atom. The maximum atomic E-state index is 6.77. The molecule has 0 bridgehead atoms. The van der Waals surface area contributed by atoms with Gasteiger partial charge in [0.25, 0.3) is 0 Å². The summed E-state index contributed by atoms with van der Waals surface area (Å²) in [5.74, 6) is 2.08. The van der Waals surface area contributed by atoms with Crippen LogP contribution in [0, 0.1) is 5.92 Å². The van der Waals surface area contributed by atoms with Crippen LogP contribution in [0.4, 0.5) is 5.69 Å². The predicted octanol–water partition coefficient (Wildman–Crippen LogP) is 11.3. The summed E-state index contributed by atoms with van der Waals surface area (Å²) in [6, 6.07) is 21.2. The third-order valence-corrected chi connectivity index (χ3v) is 9.96. The van der Waals surface area contributed by atoms with Crippen molar-refractivity contribution < 1.29 is 4.42 Å². The van der Waals surface area contributed by atoms with E-state index in [2.05, 4.69) is 134 Å². The van der Waals surface area contributed by atoms with Crippen molar-refractivity contribution in [2.24, 2.45) is 5.92 Å². The summed E-state index contributed by atoms with van der Waals surface area (Å²) < 4.78 is 6.77. The highest BCUT2D eigenvalue weighted by Crippen LogP contribution is 2.46. The summed E-state index contributed by atoms with van der Waals surface area (Å²) in [6.07, 6.45) is 5.75. The lowest BCUT2D eigenvalue weighted by atomic mass is 9.79. The Balaban J connectivity index is 1.74. The number of anilines is 1. The predicted molar refractivity (Wildman–Crippen MR) is 193 cm³/mol. The fourth-order valence-electron chi connectivity index (χ4n) is 7.58. The number of fused-ring (bicyclic) bond motifs is 2. The second-order valence-electron chi connectivity index (χ2n) is 14.7. The summed E-state index contributed by atoms with van der Waals surface area (Å²) in [7, 11) is 4.35. The summed E-state index contributed by atoms with van der Waals surface area (Å²) in [5.41, 5.74) is 9.42. The first-order valence-electron chi connectivity index (χ1n) is 17.2. The standard InChI is InChI=1S/C41H56N2O/c1-11-15-33(39-32-17-14-13-16-29(32)18-20-35(39)42(9)10)37(27(3)4)31-19-21-36-34(26-31)38(40(44-36)41(6,7)8)30-22-24-43(25-23-30)28(5)12-2/h13-14,16-21,26-28,30H,11-12,15,22-25H2,1-10H3. The fourth-order valence-corrected chi connectivity index (χ4v) is 7.58. The molecule has 0 N–H and O–H groups in total. The van der Waals surface area contributed by atoms with Gasteiger partial charge in [0.05, 0.1) is 0 Å². The van der Waals surface area contributed by atoms with Crippen LogP contribution >= 0.6 is 0 Å². The highest BCUT2D eigenvalue weighted by molar-refractivity contribution is 6.06. The lowest BCUT2D eigenvalue weighted by Crippen LogP contribution is -2.39. The summed E-state index contributed by atoms with van der Waals surface area (Å²) >= 11 is 0. The molecule has 44 heavy (non-hydrogen) atoms. The van der Waals surface area contributed by atoms with Crippen LogP contribution in [0.2, 0.25) is 0 Å². The SMILES string of the molecule is CCCC(=C(c1ccc2oc(C(C)(C)C)c(C3CCN(C(C)CC)CC3)c2c1)C(C)C)c1c(N(C)C)ccc2ccccc12. The number of allylic oxidation sites excluding steroid dienone is 2. The normalized spacial score (nSPS) is 16.6. The molecule has 3 aromatic carbocycles. The van der Waals surface area contributed by atoms with Crippen LogP contribution in [0.25, 0.3) is 32.9 Å². The van der Waals surface area contributed by atoms with Crippen LogP contribution in [0.1, 0.15) is 116 Å². The Hall–Kier alpha value is -3.04. The quantitative estimate of drug-likeness (QED) is 0.180. The summed E-state index contributed by atoms with van der Waals surface area (Å²) in [4.78, 5) is 4.97. The number of benzene rings is 3. The average Bonchev–Trinajstić information content (AvgIpc) is 3.39. The number of nitrogens with zero attached hydrogens (tertiary/aromatic N) is 2. The Kier molecular flexibility index (Phi) is 9.66. The Morgan fingerprint density at radius 1 is 0.932 bits per heavy atom. The zero-order valence-electron chi connectivity index (χ0n) is 29.2. The lowest BCUT2D eigenvalue weighted by Gasteiger charge is -2.36. The van der Waals surface area contributed by atoms with Gasteiger partial charge in [-0.1, -0.05) is 91.3 Å². The molecule has 0 radical (unpaired) electrons. The molecule has 2 heterocycles. The molecule has 0 saturated carbocycles. The van der Waals surface area contributed by atoms with Gasteiger partial charge in [0.2, 0.25) is 0 Å². The zero-order valence-corrected chi connectivity index (χ0v) is 29.2. The fraction of sp³-hybridized carbons (Fsp3) is 0.512. The Labute approximate surface area is 267 Å². The van der Waals surface area contributed by atoms with Crippen LogP contribution in [0.15, 0.2) is 59.0 Å². The summed E-state index contributed by atoms with van der Waals surface area (Å²) in [5, 5.41) is 3.97. The van der Waals surface area contributed by atoms with E-state index in [4.69, 9.17) is 4.42 Å². The minimum absolute atomic E-state index is 0.0456. The first kappa shape index (κ1) is 32.4. The molecule has 3 heteroatoms. The highest BCUT2D eigenvalue weighted by atomic mass is 16.3. The van der Waals surface area contributed by atoms with E-state index < -0.39 is 0 Å². The van der Waals surface area contributed by atoms with E-state index >= 15 is 0 Å². The van der Waals surface area contributed by atoms with Crippen molar-refractivity contribution in [3.8, 4) is 0 Å². The van der Waals surface area contributed by atoms with Crippen LogP contribution in [-0.4, -0.2) is 38.1 Å². The highest BCUT2D eigenvalue weighted by Gasteiger charge is 2.33.